The molecule has 1 atom stereocenters. The van der Waals surface area contributed by atoms with E-state index in [9.17, 15) is 9.59 Å². The monoisotopic (exact) mass is 217 g/mol. The average molecular weight is 217 g/mol. The standard InChI is InChI=1S/C9H15NO3S/c1-14-3-2-7(6-11)10-5-8(12)4-9(10)13/h7,11H,2-6H2,1H3. The van der Waals surface area contributed by atoms with Crippen molar-refractivity contribution in [3.8, 4) is 0 Å². The number of ketones is 1. The van der Waals surface area contributed by atoms with E-state index in [1.807, 2.05) is 6.26 Å². The highest BCUT2D eigenvalue weighted by molar-refractivity contribution is 7.98. The second-order valence-electron chi connectivity index (χ2n) is 3.35. The fraction of sp³-hybridized carbons (Fsp3) is 0.778. The molecule has 0 aliphatic carbocycles. The number of amides is 1. The minimum Gasteiger partial charge on any atom is -0.394 e. The molecule has 0 aromatic heterocycles. The Balaban J connectivity index is 2.51. The largest absolute Gasteiger partial charge is 0.394 e. The van der Waals surface area contributed by atoms with Crippen LogP contribution in [0.15, 0.2) is 0 Å². The molecule has 1 amide bonds. The van der Waals surface area contributed by atoms with Crippen LogP contribution in [-0.2, 0) is 9.59 Å². The van der Waals surface area contributed by atoms with Crippen molar-refractivity contribution in [2.45, 2.75) is 18.9 Å². The fourth-order valence-corrected chi connectivity index (χ4v) is 2.04. The van der Waals surface area contributed by atoms with Crippen LogP contribution in [0.4, 0.5) is 0 Å². The normalized spacial score (nSPS) is 19.1. The third kappa shape index (κ3) is 2.72. The summed E-state index contributed by atoms with van der Waals surface area (Å²) in [5.41, 5.74) is 0. The fourth-order valence-electron chi connectivity index (χ4n) is 1.54. The Bertz CT molecular complexity index is 232. The number of aliphatic hydroxyl groups excluding tert-OH is 1. The number of hydrogen-bond donors (Lipinski definition) is 1. The van der Waals surface area contributed by atoms with Crippen LogP contribution in [0.2, 0.25) is 0 Å². The predicted octanol–water partition coefficient (Wildman–Crippen LogP) is -0.0982. The predicted molar refractivity (Wildman–Crippen MR) is 55.2 cm³/mol. The maximum absolute atomic E-state index is 11.3. The molecule has 1 aliphatic rings. The number of thioether (sulfide) groups is 1. The van der Waals surface area contributed by atoms with Crippen LogP contribution in [0.5, 0.6) is 0 Å². The summed E-state index contributed by atoms with van der Waals surface area (Å²) < 4.78 is 0. The Morgan fingerprint density at radius 1 is 1.57 bits per heavy atom. The second-order valence-corrected chi connectivity index (χ2v) is 4.34. The van der Waals surface area contributed by atoms with E-state index in [-0.39, 0.29) is 37.3 Å². The van der Waals surface area contributed by atoms with E-state index >= 15 is 0 Å². The van der Waals surface area contributed by atoms with Crippen molar-refractivity contribution in [3.05, 3.63) is 0 Å². The van der Waals surface area contributed by atoms with Crippen LogP contribution in [0.1, 0.15) is 12.8 Å². The molecule has 0 spiro atoms. The molecule has 80 valence electrons. The number of Topliss-reactive ketones (excluding diaryl/α,β-unsaturated/α-hetero) is 1. The van der Waals surface area contributed by atoms with Crippen molar-refractivity contribution in [2.24, 2.45) is 0 Å². The van der Waals surface area contributed by atoms with E-state index < -0.39 is 0 Å². The topological polar surface area (TPSA) is 57.6 Å². The van der Waals surface area contributed by atoms with Gasteiger partial charge in [0.05, 0.1) is 25.6 Å². The summed E-state index contributed by atoms with van der Waals surface area (Å²) in [6, 6.07) is -0.179. The number of rotatable bonds is 5. The van der Waals surface area contributed by atoms with E-state index in [1.54, 1.807) is 11.8 Å². The number of carbonyl (C=O) groups excluding carboxylic acids is 2. The van der Waals surface area contributed by atoms with Crippen LogP contribution in [0.25, 0.3) is 0 Å². The van der Waals surface area contributed by atoms with Gasteiger partial charge in [-0.2, -0.15) is 11.8 Å². The first kappa shape index (κ1) is 11.5. The van der Waals surface area contributed by atoms with Crippen molar-refractivity contribution in [1.29, 1.82) is 0 Å². The van der Waals surface area contributed by atoms with Crippen molar-refractivity contribution in [1.82, 2.24) is 4.90 Å². The van der Waals surface area contributed by atoms with Gasteiger partial charge in [0, 0.05) is 0 Å². The molecule has 1 N–H and O–H groups in total. The molecule has 0 bridgehead atoms. The van der Waals surface area contributed by atoms with Crippen LogP contribution >= 0.6 is 11.8 Å². The summed E-state index contributed by atoms with van der Waals surface area (Å²) in [6.07, 6.45) is 2.73. The number of carbonyl (C=O) groups is 2. The lowest BCUT2D eigenvalue weighted by Gasteiger charge is -2.24. The summed E-state index contributed by atoms with van der Waals surface area (Å²) in [5.74, 6) is 0.705. The zero-order valence-corrected chi connectivity index (χ0v) is 9.05. The first-order valence-corrected chi connectivity index (χ1v) is 5.99. The highest BCUT2D eigenvalue weighted by Crippen LogP contribution is 2.14. The van der Waals surface area contributed by atoms with Gasteiger partial charge in [0.25, 0.3) is 0 Å². The maximum Gasteiger partial charge on any atom is 0.230 e. The summed E-state index contributed by atoms with van der Waals surface area (Å²) in [6.45, 7) is 0.123. The Labute approximate surface area is 87.7 Å². The van der Waals surface area contributed by atoms with Gasteiger partial charge in [-0.3, -0.25) is 9.59 Å². The highest BCUT2D eigenvalue weighted by Gasteiger charge is 2.32. The van der Waals surface area contributed by atoms with E-state index in [2.05, 4.69) is 0 Å². The lowest BCUT2D eigenvalue weighted by Crippen LogP contribution is -2.39. The van der Waals surface area contributed by atoms with E-state index in [4.69, 9.17) is 5.11 Å². The van der Waals surface area contributed by atoms with Gasteiger partial charge in [0.2, 0.25) is 5.91 Å². The van der Waals surface area contributed by atoms with Gasteiger partial charge in [-0.1, -0.05) is 0 Å². The first-order chi connectivity index (χ1) is 6.69. The van der Waals surface area contributed by atoms with Crippen LogP contribution in [0.3, 0.4) is 0 Å². The highest BCUT2D eigenvalue weighted by atomic mass is 32.2. The minimum absolute atomic E-state index is 0.00969. The van der Waals surface area contributed by atoms with Crippen LogP contribution in [0, 0.1) is 0 Å². The quantitative estimate of drug-likeness (QED) is 0.653. The van der Waals surface area contributed by atoms with Gasteiger partial charge < -0.3 is 10.0 Å². The number of hydrogen-bond acceptors (Lipinski definition) is 4. The van der Waals surface area contributed by atoms with Crippen LogP contribution in [-0.4, -0.2) is 52.9 Å². The van der Waals surface area contributed by atoms with Crippen LogP contribution < -0.4 is 0 Å². The lowest BCUT2D eigenvalue weighted by molar-refractivity contribution is -0.130. The Hall–Kier alpha value is -0.550. The molecule has 0 aromatic rings. The molecule has 1 saturated heterocycles. The Morgan fingerprint density at radius 2 is 2.29 bits per heavy atom. The SMILES string of the molecule is CSCCC(CO)N1CC(=O)CC1=O. The lowest BCUT2D eigenvalue weighted by atomic mass is 10.2. The summed E-state index contributed by atoms with van der Waals surface area (Å²) >= 11 is 1.67. The number of nitrogens with zero attached hydrogens (tertiary/aromatic N) is 1. The van der Waals surface area contributed by atoms with E-state index in [0.29, 0.717) is 0 Å². The first-order valence-electron chi connectivity index (χ1n) is 4.60. The third-order valence-electron chi connectivity index (χ3n) is 2.32. The minimum atomic E-state index is -0.179. The smallest absolute Gasteiger partial charge is 0.230 e. The van der Waals surface area contributed by atoms with Crippen molar-refractivity contribution >= 4 is 23.5 Å². The number of likely N-dealkylation sites (tertiary alicyclic amines) is 1. The van der Waals surface area contributed by atoms with E-state index in [0.717, 1.165) is 12.2 Å². The second kappa shape index (κ2) is 5.36. The molecule has 0 radical (unpaired) electrons. The molecule has 1 aliphatic heterocycles. The van der Waals surface area contributed by atoms with Gasteiger partial charge in [0.1, 0.15) is 0 Å². The molecule has 14 heavy (non-hydrogen) atoms. The van der Waals surface area contributed by atoms with Crippen molar-refractivity contribution in [3.63, 3.8) is 0 Å². The maximum atomic E-state index is 11.3. The zero-order valence-electron chi connectivity index (χ0n) is 8.23. The van der Waals surface area contributed by atoms with Gasteiger partial charge in [0.15, 0.2) is 5.78 Å². The molecule has 1 unspecified atom stereocenters. The van der Waals surface area contributed by atoms with Gasteiger partial charge in [-0.15, -0.1) is 0 Å². The molecule has 4 nitrogen and oxygen atoms in total. The van der Waals surface area contributed by atoms with Gasteiger partial charge in [-0.05, 0) is 18.4 Å². The Morgan fingerprint density at radius 3 is 2.71 bits per heavy atom. The summed E-state index contributed by atoms with van der Waals surface area (Å²) in [5, 5.41) is 9.10. The molecular weight excluding hydrogens is 202 g/mol. The molecular formula is C9H15NO3S. The molecule has 0 aromatic carbocycles. The zero-order chi connectivity index (χ0) is 10.6. The molecule has 1 heterocycles. The molecule has 1 rings (SSSR count). The molecule has 5 heteroatoms. The number of aliphatic hydroxyl groups is 1. The summed E-state index contributed by atoms with van der Waals surface area (Å²) in [4.78, 5) is 23.8. The Kier molecular flexibility index (Phi) is 4.41. The average Bonchev–Trinajstić information content (AvgIpc) is 2.47. The molecule has 1 fully saturated rings. The van der Waals surface area contributed by atoms with E-state index in [1.165, 1.54) is 4.90 Å². The van der Waals surface area contributed by atoms with Gasteiger partial charge >= 0.3 is 0 Å². The molecule has 0 saturated carbocycles. The van der Waals surface area contributed by atoms with Crippen molar-refractivity contribution < 1.29 is 14.7 Å². The third-order valence-corrected chi connectivity index (χ3v) is 2.97. The van der Waals surface area contributed by atoms with Crippen molar-refractivity contribution in [2.75, 3.05) is 25.2 Å². The van der Waals surface area contributed by atoms with Gasteiger partial charge in [-0.25, -0.2) is 0 Å². The summed E-state index contributed by atoms with van der Waals surface area (Å²) in [7, 11) is 0.